The number of aliphatic carboxylic acids is 1. The summed E-state index contributed by atoms with van der Waals surface area (Å²) in [5.74, 6) is -2.33. The van der Waals surface area contributed by atoms with E-state index >= 15 is 0 Å². The number of carbonyl (C=O) groups is 2. The number of hydrogen-bond donors (Lipinski definition) is 1. The number of allylic oxidation sites excluding steroid dienone is 2. The minimum atomic E-state index is -1.12. The molecule has 0 spiro atoms. The van der Waals surface area contributed by atoms with Crippen LogP contribution in [0.3, 0.4) is 0 Å². The summed E-state index contributed by atoms with van der Waals surface area (Å²) < 4.78 is 0. The summed E-state index contributed by atoms with van der Waals surface area (Å²) in [5, 5.41) is 12.0. The van der Waals surface area contributed by atoms with Gasteiger partial charge in [-0.05, 0) is 25.0 Å². The maximum Gasteiger partial charge on any atom is 0.227 e. The first-order valence-electron chi connectivity index (χ1n) is 8.77. The van der Waals surface area contributed by atoms with Gasteiger partial charge in [0.15, 0.2) is 0 Å². The lowest BCUT2D eigenvalue weighted by molar-refractivity contribution is -0.917. The minimum Gasteiger partial charge on any atom is -0.550 e. The summed E-state index contributed by atoms with van der Waals surface area (Å²) in [6.45, 7) is 3.98. The van der Waals surface area contributed by atoms with E-state index in [9.17, 15) is 14.7 Å². The molecule has 0 bridgehead atoms. The van der Waals surface area contributed by atoms with Crippen molar-refractivity contribution >= 4 is 23.5 Å². The predicted molar refractivity (Wildman–Crippen MR) is 92.8 cm³/mol. The lowest BCUT2D eigenvalue weighted by Gasteiger charge is -2.37. The van der Waals surface area contributed by atoms with Gasteiger partial charge in [-0.25, -0.2) is 0 Å². The molecule has 1 aliphatic heterocycles. The first kappa shape index (κ1) is 18.0. The molecule has 0 unspecified atom stereocenters. The van der Waals surface area contributed by atoms with Crippen LogP contribution in [-0.4, -0.2) is 43.0 Å². The van der Waals surface area contributed by atoms with Gasteiger partial charge in [-0.2, -0.15) is 0 Å². The molecule has 1 amide bonds. The number of nitrogens with one attached hydrogen (secondary N) is 1. The van der Waals surface area contributed by atoms with E-state index in [1.165, 1.54) is 10.5 Å². The van der Waals surface area contributed by atoms with Crippen molar-refractivity contribution in [3.63, 3.8) is 0 Å². The smallest absolute Gasteiger partial charge is 0.227 e. The van der Waals surface area contributed by atoms with E-state index in [1.807, 2.05) is 41.3 Å². The number of halogens is 1. The zero-order chi connectivity index (χ0) is 17.8. The van der Waals surface area contributed by atoms with Gasteiger partial charge in [0.25, 0.3) is 0 Å². The largest absolute Gasteiger partial charge is 0.550 e. The Balaban J connectivity index is 1.54. The third-order valence-electron chi connectivity index (χ3n) is 5.20. The van der Waals surface area contributed by atoms with Crippen LogP contribution in [0.2, 0.25) is 5.02 Å². The second kappa shape index (κ2) is 8.02. The number of quaternary nitrogens is 1. The van der Waals surface area contributed by atoms with Crippen molar-refractivity contribution in [2.75, 3.05) is 26.2 Å². The number of piperazine rings is 1. The van der Waals surface area contributed by atoms with E-state index in [4.69, 9.17) is 11.6 Å². The van der Waals surface area contributed by atoms with Crippen molar-refractivity contribution in [1.82, 2.24) is 4.90 Å². The SMILES string of the molecule is O=C([O-])[C@@H]1CC=CC[C@H]1C(=O)N1CC[NH+](Cc2ccc(Cl)cc2)CC1. The van der Waals surface area contributed by atoms with Crippen molar-refractivity contribution in [1.29, 1.82) is 0 Å². The molecule has 1 aliphatic carbocycles. The molecule has 1 fully saturated rings. The Labute approximate surface area is 152 Å². The summed E-state index contributed by atoms with van der Waals surface area (Å²) in [7, 11) is 0. The molecule has 3 rings (SSSR count). The van der Waals surface area contributed by atoms with E-state index in [2.05, 4.69) is 0 Å². The highest BCUT2D eigenvalue weighted by molar-refractivity contribution is 6.30. The lowest BCUT2D eigenvalue weighted by Crippen LogP contribution is -3.13. The van der Waals surface area contributed by atoms with Crippen molar-refractivity contribution in [3.8, 4) is 0 Å². The molecule has 2 aliphatic rings. The van der Waals surface area contributed by atoms with Gasteiger partial charge in [0.1, 0.15) is 6.54 Å². The van der Waals surface area contributed by atoms with E-state index < -0.39 is 17.8 Å². The Morgan fingerprint density at radius 1 is 1.08 bits per heavy atom. The number of rotatable bonds is 4. The van der Waals surface area contributed by atoms with Crippen LogP contribution >= 0.6 is 11.6 Å². The third kappa shape index (κ3) is 4.41. The van der Waals surface area contributed by atoms with Crippen LogP contribution < -0.4 is 10.0 Å². The van der Waals surface area contributed by atoms with E-state index in [1.54, 1.807) is 0 Å². The zero-order valence-electron chi connectivity index (χ0n) is 14.1. The summed E-state index contributed by atoms with van der Waals surface area (Å²) in [5.41, 5.74) is 1.23. The van der Waals surface area contributed by atoms with Gasteiger partial charge in [-0.1, -0.05) is 35.9 Å². The molecule has 0 radical (unpaired) electrons. The molecule has 1 heterocycles. The minimum absolute atomic E-state index is 0.0379. The van der Waals surface area contributed by atoms with Crippen LogP contribution in [-0.2, 0) is 16.1 Å². The maximum absolute atomic E-state index is 12.7. The number of carbonyl (C=O) groups excluding carboxylic acids is 2. The lowest BCUT2D eigenvalue weighted by atomic mass is 9.82. The normalized spacial score (nSPS) is 24.3. The molecule has 1 saturated heterocycles. The van der Waals surface area contributed by atoms with Gasteiger partial charge in [-0.15, -0.1) is 0 Å². The Hall–Kier alpha value is -1.85. The monoisotopic (exact) mass is 362 g/mol. The maximum atomic E-state index is 12.7. The van der Waals surface area contributed by atoms with Crippen LogP contribution in [0.15, 0.2) is 36.4 Å². The average Bonchev–Trinajstić information content (AvgIpc) is 2.63. The molecule has 1 aromatic carbocycles. The second-order valence-corrected chi connectivity index (χ2v) is 7.29. The van der Waals surface area contributed by atoms with E-state index in [0.717, 1.165) is 24.7 Å². The molecule has 0 saturated carbocycles. The standard InChI is InChI=1S/C19H23ClN2O3/c20-15-7-5-14(6-8-15)13-21-9-11-22(12-10-21)18(23)16-3-1-2-4-17(16)19(24)25/h1-2,5-8,16-17H,3-4,9-13H2,(H,24,25)/t16-,17-/m1/s1. The van der Waals surface area contributed by atoms with Gasteiger partial charge in [0, 0.05) is 28.4 Å². The number of hydrogen-bond acceptors (Lipinski definition) is 3. The number of nitrogens with zero attached hydrogens (tertiary/aromatic N) is 1. The molecule has 0 aromatic heterocycles. The van der Waals surface area contributed by atoms with Crippen molar-refractivity contribution in [2.24, 2.45) is 11.8 Å². The zero-order valence-corrected chi connectivity index (χ0v) is 14.9. The molecule has 134 valence electrons. The molecule has 25 heavy (non-hydrogen) atoms. The van der Waals surface area contributed by atoms with Crippen LogP contribution in [0.1, 0.15) is 18.4 Å². The Morgan fingerprint density at radius 2 is 1.68 bits per heavy atom. The van der Waals surface area contributed by atoms with Crippen molar-refractivity contribution in [3.05, 3.63) is 47.0 Å². The molecular formula is C19H23ClN2O3. The fraction of sp³-hybridized carbons (Fsp3) is 0.474. The van der Waals surface area contributed by atoms with Crippen molar-refractivity contribution < 1.29 is 19.6 Å². The molecular weight excluding hydrogens is 340 g/mol. The summed E-state index contributed by atoms with van der Waals surface area (Å²) in [6, 6.07) is 7.86. The van der Waals surface area contributed by atoms with Gasteiger partial charge < -0.3 is 19.7 Å². The fourth-order valence-electron chi connectivity index (χ4n) is 3.69. The third-order valence-corrected chi connectivity index (χ3v) is 5.45. The summed E-state index contributed by atoms with van der Waals surface area (Å²) in [4.78, 5) is 27.3. The number of benzene rings is 1. The molecule has 6 heteroatoms. The quantitative estimate of drug-likeness (QED) is 0.761. The Kier molecular flexibility index (Phi) is 5.76. The van der Waals surface area contributed by atoms with Gasteiger partial charge in [0.2, 0.25) is 5.91 Å². The fourth-order valence-corrected chi connectivity index (χ4v) is 3.82. The van der Waals surface area contributed by atoms with E-state index in [0.29, 0.717) is 25.9 Å². The molecule has 1 N–H and O–H groups in total. The number of amides is 1. The number of carboxylic acid groups (broad SMARTS) is 1. The highest BCUT2D eigenvalue weighted by atomic mass is 35.5. The van der Waals surface area contributed by atoms with Gasteiger partial charge in [0.05, 0.1) is 26.2 Å². The Morgan fingerprint density at radius 3 is 2.28 bits per heavy atom. The highest BCUT2D eigenvalue weighted by Gasteiger charge is 2.34. The predicted octanol–water partition coefficient (Wildman–Crippen LogP) is -0.101. The van der Waals surface area contributed by atoms with Gasteiger partial charge in [-0.3, -0.25) is 4.79 Å². The second-order valence-electron chi connectivity index (χ2n) is 6.85. The average molecular weight is 363 g/mol. The topological polar surface area (TPSA) is 64.9 Å². The first-order chi connectivity index (χ1) is 12.0. The Bertz CT molecular complexity index is 651. The van der Waals surface area contributed by atoms with Crippen LogP contribution in [0.4, 0.5) is 0 Å². The molecule has 2 atom stereocenters. The van der Waals surface area contributed by atoms with Crippen molar-refractivity contribution in [2.45, 2.75) is 19.4 Å². The summed E-state index contributed by atoms with van der Waals surface area (Å²) in [6.07, 6.45) is 4.62. The van der Waals surface area contributed by atoms with Crippen LogP contribution in [0, 0.1) is 11.8 Å². The number of carboxylic acids is 1. The molecule has 5 nitrogen and oxygen atoms in total. The first-order valence-corrected chi connectivity index (χ1v) is 9.15. The van der Waals surface area contributed by atoms with Crippen LogP contribution in [0.5, 0.6) is 0 Å². The van der Waals surface area contributed by atoms with Crippen LogP contribution in [0.25, 0.3) is 0 Å². The van der Waals surface area contributed by atoms with Gasteiger partial charge >= 0.3 is 0 Å². The summed E-state index contributed by atoms with van der Waals surface area (Å²) >= 11 is 5.91. The highest BCUT2D eigenvalue weighted by Crippen LogP contribution is 2.27. The molecule has 1 aromatic rings. The van der Waals surface area contributed by atoms with E-state index in [-0.39, 0.29) is 5.91 Å².